The van der Waals surface area contributed by atoms with Gasteiger partial charge in [0.25, 0.3) is 0 Å². The molecule has 0 aliphatic carbocycles. The molecule has 0 aromatic carbocycles. The highest BCUT2D eigenvalue weighted by Crippen LogP contribution is 2.47. The molecule has 1 heterocycles. The number of rotatable bonds is 0. The van der Waals surface area contributed by atoms with E-state index in [-0.39, 0.29) is 17.9 Å². The van der Waals surface area contributed by atoms with Crippen LogP contribution >= 0.6 is 22.6 Å². The Bertz CT molecular complexity index is 398. The van der Waals surface area contributed by atoms with Gasteiger partial charge in [0, 0.05) is 12.5 Å². The second kappa shape index (κ2) is 4.79. The van der Waals surface area contributed by atoms with E-state index in [1.807, 2.05) is 41.5 Å². The van der Waals surface area contributed by atoms with Gasteiger partial charge in [-0.3, -0.25) is 9.69 Å². The Morgan fingerprint density at radius 3 is 2.11 bits per heavy atom. The Hall–Kier alpha value is -0.530. The highest BCUT2D eigenvalue weighted by atomic mass is 127. The summed E-state index contributed by atoms with van der Waals surface area (Å²) in [6.45, 7) is 11.5. The first-order chi connectivity index (χ1) is 8.30. The van der Waals surface area contributed by atoms with E-state index in [1.54, 1.807) is 11.9 Å². The van der Waals surface area contributed by atoms with Gasteiger partial charge in [-0.05, 0) is 43.4 Å². The Morgan fingerprint density at radius 2 is 1.74 bits per heavy atom. The van der Waals surface area contributed by atoms with Gasteiger partial charge in [0.2, 0.25) is 5.91 Å². The molecule has 1 fully saturated rings. The van der Waals surface area contributed by atoms with E-state index in [1.165, 1.54) is 4.90 Å². The maximum absolute atomic E-state index is 12.3. The lowest BCUT2D eigenvalue weighted by Gasteiger charge is -2.46. The first-order valence-electron chi connectivity index (χ1n) is 6.27. The van der Waals surface area contributed by atoms with Gasteiger partial charge in [0.15, 0.2) is 3.67 Å². The Kier molecular flexibility index (Phi) is 4.16. The zero-order chi connectivity index (χ0) is 15.2. The van der Waals surface area contributed by atoms with Crippen LogP contribution < -0.4 is 0 Å². The average molecular weight is 382 g/mol. The van der Waals surface area contributed by atoms with Crippen molar-refractivity contribution >= 4 is 34.6 Å². The molecule has 6 heteroatoms. The summed E-state index contributed by atoms with van der Waals surface area (Å²) in [5, 5.41) is 0. The van der Waals surface area contributed by atoms with E-state index < -0.39 is 15.4 Å². The number of amides is 2. The van der Waals surface area contributed by atoms with Crippen molar-refractivity contribution in [2.75, 3.05) is 13.6 Å². The molecule has 5 nitrogen and oxygen atoms in total. The van der Waals surface area contributed by atoms with Crippen LogP contribution in [0.15, 0.2) is 0 Å². The van der Waals surface area contributed by atoms with E-state index in [9.17, 15) is 9.59 Å². The van der Waals surface area contributed by atoms with E-state index >= 15 is 0 Å². The number of carbonyl (C=O) groups excluding carboxylic acids is 2. The summed E-state index contributed by atoms with van der Waals surface area (Å²) in [5.41, 5.74) is -0.859. The topological polar surface area (TPSA) is 49.9 Å². The lowest BCUT2D eigenvalue weighted by atomic mass is 9.91. The number of nitrogens with zero attached hydrogens (tertiary/aromatic N) is 2. The summed E-state index contributed by atoms with van der Waals surface area (Å²) >= 11 is 2.17. The van der Waals surface area contributed by atoms with Crippen LogP contribution in [-0.2, 0) is 9.53 Å². The maximum Gasteiger partial charge on any atom is 0.413 e. The molecular weight excluding hydrogens is 359 g/mol. The molecule has 0 aromatic rings. The van der Waals surface area contributed by atoms with Crippen molar-refractivity contribution in [2.45, 2.75) is 50.8 Å². The summed E-state index contributed by atoms with van der Waals surface area (Å²) < 4.78 is 4.69. The van der Waals surface area contributed by atoms with Crippen LogP contribution in [0, 0.1) is 5.41 Å². The fourth-order valence-corrected chi connectivity index (χ4v) is 2.74. The number of alkyl halides is 1. The van der Waals surface area contributed by atoms with Crippen molar-refractivity contribution in [2.24, 2.45) is 5.41 Å². The SMILES string of the molecule is CN1C(=O)CN(C(=O)OC(C)(C)C)C1(I)C(C)(C)C. The minimum absolute atomic E-state index is 0.0611. The van der Waals surface area contributed by atoms with Crippen molar-refractivity contribution in [1.82, 2.24) is 9.80 Å². The van der Waals surface area contributed by atoms with Crippen molar-refractivity contribution in [1.29, 1.82) is 0 Å². The van der Waals surface area contributed by atoms with Gasteiger partial charge in [-0.2, -0.15) is 0 Å². The minimum Gasteiger partial charge on any atom is -0.444 e. The van der Waals surface area contributed by atoms with Gasteiger partial charge in [-0.1, -0.05) is 20.8 Å². The summed E-state index contributed by atoms with van der Waals surface area (Å²) in [6, 6.07) is 0. The first-order valence-corrected chi connectivity index (χ1v) is 7.35. The number of hydrogen-bond donors (Lipinski definition) is 0. The standard InChI is InChI=1S/C13H23IN2O3/c1-11(2,3)13(14)15(7)9(17)8-16(13)10(18)19-12(4,5)6/h8H2,1-7H3. The zero-order valence-electron chi connectivity index (χ0n) is 12.7. The molecule has 1 aliphatic heterocycles. The monoisotopic (exact) mass is 382 g/mol. The lowest BCUT2D eigenvalue weighted by Crippen LogP contribution is -2.58. The molecule has 0 aromatic heterocycles. The second-order valence-electron chi connectivity index (χ2n) is 6.86. The summed E-state index contributed by atoms with van der Waals surface area (Å²) in [5.74, 6) is -0.0739. The summed E-state index contributed by atoms with van der Waals surface area (Å²) in [4.78, 5) is 27.5. The number of carbonyl (C=O) groups is 2. The predicted molar refractivity (Wildman–Crippen MR) is 81.9 cm³/mol. The van der Waals surface area contributed by atoms with E-state index in [0.717, 1.165) is 0 Å². The molecule has 1 atom stereocenters. The Balaban J connectivity index is 3.12. The van der Waals surface area contributed by atoms with Crippen LogP contribution in [0.3, 0.4) is 0 Å². The number of likely N-dealkylation sites (N-methyl/N-ethyl adjacent to an activating group) is 1. The average Bonchev–Trinajstić information content (AvgIpc) is 2.40. The second-order valence-corrected chi connectivity index (χ2v) is 8.36. The predicted octanol–water partition coefficient (Wildman–Crippen LogP) is 2.83. The number of halogens is 1. The molecule has 0 saturated carbocycles. The van der Waals surface area contributed by atoms with E-state index in [0.29, 0.717) is 0 Å². The van der Waals surface area contributed by atoms with Gasteiger partial charge in [-0.15, -0.1) is 0 Å². The number of ether oxygens (including phenoxy) is 1. The minimum atomic E-state index is -0.718. The third-order valence-corrected chi connectivity index (χ3v) is 5.96. The van der Waals surface area contributed by atoms with Gasteiger partial charge in [0.1, 0.15) is 12.1 Å². The van der Waals surface area contributed by atoms with E-state index in [2.05, 4.69) is 22.6 Å². The molecule has 0 spiro atoms. The highest BCUT2D eigenvalue weighted by Gasteiger charge is 2.57. The van der Waals surface area contributed by atoms with Gasteiger partial charge in [-0.25, -0.2) is 4.79 Å². The van der Waals surface area contributed by atoms with Gasteiger partial charge < -0.3 is 9.64 Å². The molecule has 0 N–H and O–H groups in total. The largest absolute Gasteiger partial charge is 0.444 e. The summed E-state index contributed by atoms with van der Waals surface area (Å²) in [7, 11) is 1.73. The smallest absolute Gasteiger partial charge is 0.413 e. The first kappa shape index (κ1) is 16.5. The van der Waals surface area contributed by atoms with Crippen molar-refractivity contribution < 1.29 is 14.3 Å². The van der Waals surface area contributed by atoms with Crippen LogP contribution in [0.2, 0.25) is 0 Å². The van der Waals surface area contributed by atoms with Crippen molar-refractivity contribution in [3.05, 3.63) is 0 Å². The molecule has 2 amide bonds. The van der Waals surface area contributed by atoms with Gasteiger partial charge >= 0.3 is 6.09 Å². The normalized spacial score (nSPS) is 24.9. The molecule has 1 rings (SSSR count). The maximum atomic E-state index is 12.3. The Labute approximate surface area is 128 Å². The third kappa shape index (κ3) is 2.98. The molecule has 1 aliphatic rings. The van der Waals surface area contributed by atoms with Crippen molar-refractivity contribution in [3.8, 4) is 0 Å². The van der Waals surface area contributed by atoms with Crippen molar-refractivity contribution in [3.63, 3.8) is 0 Å². The molecule has 0 bridgehead atoms. The van der Waals surface area contributed by atoms with E-state index in [4.69, 9.17) is 4.74 Å². The van der Waals surface area contributed by atoms with Crippen LogP contribution in [0.5, 0.6) is 0 Å². The number of hydrogen-bond acceptors (Lipinski definition) is 3. The fourth-order valence-electron chi connectivity index (χ4n) is 2.10. The molecular formula is C13H23IN2O3. The Morgan fingerprint density at radius 1 is 1.26 bits per heavy atom. The molecule has 1 saturated heterocycles. The third-order valence-electron chi connectivity index (χ3n) is 3.04. The molecule has 0 radical (unpaired) electrons. The van der Waals surface area contributed by atoms with Crippen LogP contribution in [-0.4, -0.2) is 44.7 Å². The molecule has 1 unspecified atom stereocenters. The molecule has 110 valence electrons. The quantitative estimate of drug-likeness (QED) is 0.368. The fraction of sp³-hybridized carbons (Fsp3) is 0.846. The summed E-state index contributed by atoms with van der Waals surface area (Å²) in [6.07, 6.45) is -0.450. The lowest BCUT2D eigenvalue weighted by molar-refractivity contribution is -0.128. The van der Waals surface area contributed by atoms with Crippen LogP contribution in [0.1, 0.15) is 41.5 Å². The highest BCUT2D eigenvalue weighted by molar-refractivity contribution is 14.1. The van der Waals surface area contributed by atoms with Gasteiger partial charge in [0.05, 0.1) is 0 Å². The zero-order valence-corrected chi connectivity index (χ0v) is 14.9. The van der Waals surface area contributed by atoms with Crippen LogP contribution in [0.4, 0.5) is 4.79 Å². The molecule has 19 heavy (non-hydrogen) atoms. The van der Waals surface area contributed by atoms with Crippen LogP contribution in [0.25, 0.3) is 0 Å².